The first kappa shape index (κ1) is 36.1. The number of rotatable bonds is 7. The van der Waals surface area contributed by atoms with Crippen molar-refractivity contribution in [3.05, 3.63) is 98.6 Å². The molecule has 0 bridgehead atoms. The van der Waals surface area contributed by atoms with E-state index in [2.05, 4.69) is 15.1 Å². The van der Waals surface area contributed by atoms with Gasteiger partial charge in [0.05, 0.1) is 35.0 Å². The summed E-state index contributed by atoms with van der Waals surface area (Å²) in [4.78, 5) is 65.1. The van der Waals surface area contributed by atoms with Crippen LogP contribution in [0.4, 0.5) is 26.0 Å². The smallest absolute Gasteiger partial charge is 0.264 e. The van der Waals surface area contributed by atoms with Crippen LogP contribution in [0.2, 0.25) is 0 Å². The van der Waals surface area contributed by atoms with Gasteiger partial charge in [0.2, 0.25) is 11.8 Å². The molecule has 14 heteroatoms. The number of piperidine rings is 2. The normalized spacial score (nSPS) is 19.5. The minimum absolute atomic E-state index is 0.0564. The summed E-state index contributed by atoms with van der Waals surface area (Å²) in [6, 6.07) is 13.9. The van der Waals surface area contributed by atoms with Crippen molar-refractivity contribution in [2.24, 2.45) is 17.8 Å². The number of fused-ring (bicyclic) bond motifs is 3. The standard InChI is InChI=1S/C41H42F2N8O4/c1-23-17-30-32(48(2)40(23)54)6-3-7-33(30)50-14-4-5-24-18-28(29(38(42)43)19-35(24)50)25(20-44)21-45-26-12-15-49(16-13-26)36-10-8-27-31(46-36)22-51(41(27)55)34-9-11-37(52)47-39(34)53/h3,6-8,10,17-21,26,34,38H,4-5,9,11-16,22,44H2,1-2H3,(H,47,52,53)/b25-20+,45-21?. The zero-order valence-corrected chi connectivity index (χ0v) is 30.7. The lowest BCUT2D eigenvalue weighted by atomic mass is 9.91. The van der Waals surface area contributed by atoms with Crippen LogP contribution in [0.5, 0.6) is 0 Å². The number of carbonyl (C=O) groups excluding carboxylic acids is 3. The van der Waals surface area contributed by atoms with Gasteiger partial charge < -0.3 is 25.0 Å². The van der Waals surface area contributed by atoms with E-state index in [1.165, 1.54) is 11.1 Å². The number of nitrogens with one attached hydrogen (secondary N) is 1. The lowest BCUT2D eigenvalue weighted by Gasteiger charge is -2.33. The first-order valence-electron chi connectivity index (χ1n) is 18.7. The number of anilines is 3. The van der Waals surface area contributed by atoms with E-state index >= 15 is 0 Å². The molecule has 2 fully saturated rings. The van der Waals surface area contributed by atoms with Crippen LogP contribution in [0.15, 0.2) is 64.5 Å². The van der Waals surface area contributed by atoms with Gasteiger partial charge in [0.25, 0.3) is 17.9 Å². The largest absolute Gasteiger partial charge is 0.404 e. The molecule has 8 rings (SSSR count). The molecule has 284 valence electrons. The Morgan fingerprint density at radius 3 is 2.55 bits per heavy atom. The second-order valence-corrected chi connectivity index (χ2v) is 14.7. The predicted octanol–water partition coefficient (Wildman–Crippen LogP) is 5.06. The maximum absolute atomic E-state index is 14.8. The van der Waals surface area contributed by atoms with Crippen LogP contribution in [0.25, 0.3) is 16.5 Å². The topological polar surface area (TPSA) is 146 Å². The van der Waals surface area contributed by atoms with Crippen molar-refractivity contribution in [1.82, 2.24) is 19.8 Å². The number of nitrogens with two attached hydrogens (primary N) is 1. The maximum atomic E-state index is 14.8. The number of aliphatic imine (C=N–C) groups is 1. The highest BCUT2D eigenvalue weighted by Gasteiger charge is 2.40. The van der Waals surface area contributed by atoms with Crippen LogP contribution in [0.1, 0.15) is 76.8 Å². The lowest BCUT2D eigenvalue weighted by molar-refractivity contribution is -0.136. The van der Waals surface area contributed by atoms with Gasteiger partial charge in [0, 0.05) is 73.3 Å². The Balaban J connectivity index is 0.978. The lowest BCUT2D eigenvalue weighted by Crippen LogP contribution is -2.52. The highest BCUT2D eigenvalue weighted by Crippen LogP contribution is 2.42. The van der Waals surface area contributed by atoms with Crippen LogP contribution in [-0.2, 0) is 29.6 Å². The van der Waals surface area contributed by atoms with Gasteiger partial charge in [-0.3, -0.25) is 29.5 Å². The Hall–Kier alpha value is -5.92. The number of allylic oxidation sites excluding steroid dienone is 1. The number of halogens is 2. The van der Waals surface area contributed by atoms with Gasteiger partial charge in [-0.1, -0.05) is 6.07 Å². The van der Waals surface area contributed by atoms with Crippen LogP contribution in [-0.4, -0.2) is 70.1 Å². The minimum atomic E-state index is -2.75. The van der Waals surface area contributed by atoms with Gasteiger partial charge in [-0.15, -0.1) is 0 Å². The summed E-state index contributed by atoms with van der Waals surface area (Å²) in [5, 5.41) is 3.21. The fraction of sp³-hybridized carbons (Fsp3) is 0.366. The molecular weight excluding hydrogens is 706 g/mol. The molecule has 0 spiro atoms. The van der Waals surface area contributed by atoms with E-state index in [0.29, 0.717) is 60.4 Å². The highest BCUT2D eigenvalue weighted by molar-refractivity contribution is 6.11. The Bertz CT molecular complexity index is 2360. The Morgan fingerprint density at radius 1 is 1.00 bits per heavy atom. The first-order chi connectivity index (χ1) is 26.5. The molecule has 2 aromatic carbocycles. The number of amides is 3. The van der Waals surface area contributed by atoms with Crippen molar-refractivity contribution in [3.63, 3.8) is 0 Å². The number of pyridine rings is 2. The van der Waals surface area contributed by atoms with Crippen LogP contribution in [0, 0.1) is 6.92 Å². The van der Waals surface area contributed by atoms with Gasteiger partial charge in [0.1, 0.15) is 11.9 Å². The van der Waals surface area contributed by atoms with Crippen molar-refractivity contribution in [2.75, 3.05) is 29.4 Å². The molecule has 3 amide bonds. The molecule has 0 aliphatic carbocycles. The van der Waals surface area contributed by atoms with E-state index in [1.54, 1.807) is 36.9 Å². The molecule has 55 heavy (non-hydrogen) atoms. The molecule has 4 aliphatic rings. The zero-order chi connectivity index (χ0) is 38.5. The number of nitrogens with zero attached hydrogens (tertiary/aromatic N) is 6. The average Bonchev–Trinajstić information content (AvgIpc) is 3.51. The van der Waals surface area contributed by atoms with Gasteiger partial charge in [-0.2, -0.15) is 0 Å². The second kappa shape index (κ2) is 14.4. The summed E-state index contributed by atoms with van der Waals surface area (Å²) < 4.78 is 31.3. The van der Waals surface area contributed by atoms with Crippen molar-refractivity contribution in [1.29, 1.82) is 0 Å². The Morgan fingerprint density at radius 2 is 1.80 bits per heavy atom. The molecule has 12 nitrogen and oxygen atoms in total. The third-order valence-electron chi connectivity index (χ3n) is 11.4. The zero-order valence-electron chi connectivity index (χ0n) is 30.7. The highest BCUT2D eigenvalue weighted by atomic mass is 19.3. The fourth-order valence-electron chi connectivity index (χ4n) is 8.43. The molecule has 0 saturated carbocycles. The van der Waals surface area contributed by atoms with Crippen molar-refractivity contribution in [3.8, 4) is 0 Å². The molecule has 1 atom stereocenters. The maximum Gasteiger partial charge on any atom is 0.264 e. The summed E-state index contributed by atoms with van der Waals surface area (Å²) in [6.07, 6.45) is 3.62. The quantitative estimate of drug-likeness (QED) is 0.197. The van der Waals surface area contributed by atoms with E-state index in [9.17, 15) is 28.0 Å². The number of aromatic nitrogens is 2. The Labute approximate surface area is 316 Å². The van der Waals surface area contributed by atoms with E-state index in [4.69, 9.17) is 15.7 Å². The molecule has 2 aromatic heterocycles. The molecular formula is C41H42F2N8O4. The summed E-state index contributed by atoms with van der Waals surface area (Å²) >= 11 is 0. The average molecular weight is 749 g/mol. The van der Waals surface area contributed by atoms with Crippen LogP contribution >= 0.6 is 0 Å². The van der Waals surface area contributed by atoms with Crippen LogP contribution in [0.3, 0.4) is 0 Å². The molecule has 1 unspecified atom stereocenters. The Kier molecular flexibility index (Phi) is 9.43. The number of benzene rings is 2. The number of imide groups is 1. The first-order valence-corrected chi connectivity index (χ1v) is 18.7. The number of hydrogen-bond acceptors (Lipinski definition) is 9. The number of carbonyl (C=O) groups is 3. The number of alkyl halides is 2. The van der Waals surface area contributed by atoms with E-state index in [-0.39, 0.29) is 48.4 Å². The molecule has 4 aromatic rings. The van der Waals surface area contributed by atoms with Crippen LogP contribution < -0.4 is 26.4 Å². The van der Waals surface area contributed by atoms with Gasteiger partial charge in [-0.25, -0.2) is 13.8 Å². The van der Waals surface area contributed by atoms with E-state index < -0.39 is 18.4 Å². The predicted molar refractivity (Wildman–Crippen MR) is 207 cm³/mol. The van der Waals surface area contributed by atoms with Gasteiger partial charge in [0.15, 0.2) is 0 Å². The molecule has 2 saturated heterocycles. The van der Waals surface area contributed by atoms with E-state index in [1.807, 2.05) is 36.4 Å². The summed E-state index contributed by atoms with van der Waals surface area (Å²) in [5.41, 5.74) is 11.7. The van der Waals surface area contributed by atoms with Gasteiger partial charge >= 0.3 is 0 Å². The monoisotopic (exact) mass is 748 g/mol. The molecule has 4 aliphatic heterocycles. The SMILES string of the molecule is Cc1cc2c(N3CCCc4cc(/C(C=NC5CCN(c6ccc7c(n6)CN(C6CCC(=O)NC6=O)C7=O)CC5)=C/N)c(C(F)F)cc43)cccc2n(C)c1=O. The fourth-order valence-corrected chi connectivity index (χ4v) is 8.43. The molecule has 0 radical (unpaired) electrons. The summed E-state index contributed by atoms with van der Waals surface area (Å²) in [7, 11) is 1.75. The third kappa shape index (κ3) is 6.53. The molecule has 3 N–H and O–H groups in total. The third-order valence-corrected chi connectivity index (χ3v) is 11.4. The summed E-state index contributed by atoms with van der Waals surface area (Å²) in [6.45, 7) is 3.94. The van der Waals surface area contributed by atoms with E-state index in [0.717, 1.165) is 46.5 Å². The number of hydrogen-bond donors (Lipinski definition) is 2. The van der Waals surface area contributed by atoms with Crippen molar-refractivity contribution < 1.29 is 23.2 Å². The molecule has 6 heterocycles. The van der Waals surface area contributed by atoms with Gasteiger partial charge in [-0.05, 0) is 92.6 Å². The summed E-state index contributed by atoms with van der Waals surface area (Å²) in [5.74, 6) is -0.323. The second-order valence-electron chi connectivity index (χ2n) is 14.7. The minimum Gasteiger partial charge on any atom is -0.404 e. The van der Waals surface area contributed by atoms with Crippen molar-refractivity contribution >= 4 is 57.6 Å². The van der Waals surface area contributed by atoms with Crippen molar-refractivity contribution in [2.45, 2.75) is 70.5 Å². The number of aryl methyl sites for hydroxylation is 3.